The minimum absolute atomic E-state index is 0.0334. The van der Waals surface area contributed by atoms with Crippen LogP contribution >= 0.6 is 23.2 Å². The minimum atomic E-state index is -0.591. The predicted octanol–water partition coefficient (Wildman–Crippen LogP) is 2.37. The molecule has 1 rings (SSSR count). The van der Waals surface area contributed by atoms with Crippen molar-refractivity contribution >= 4 is 29.2 Å². The maximum Gasteiger partial charge on any atom is 0.341 e. The predicted molar refractivity (Wildman–Crippen MR) is 63.4 cm³/mol. The minimum Gasteiger partial charge on any atom is -0.460 e. The molecule has 0 radical (unpaired) electrons. The Bertz CT molecular complexity index is 388. The zero-order chi connectivity index (χ0) is 12.7. The van der Waals surface area contributed by atoms with Gasteiger partial charge in [-0.05, 0) is 12.5 Å². The van der Waals surface area contributed by atoms with Crippen molar-refractivity contribution in [3.63, 3.8) is 0 Å². The first-order chi connectivity index (χ1) is 8.15. The molecule has 7 heteroatoms. The molecule has 5 nitrogen and oxygen atoms in total. The van der Waals surface area contributed by atoms with Crippen molar-refractivity contribution in [2.24, 2.45) is 0 Å². The second kappa shape index (κ2) is 7.42. The summed E-state index contributed by atoms with van der Waals surface area (Å²) in [5.41, 5.74) is 0.0992. The standard InChI is InChI=1S/C10H12Cl2N2O3/c1-2-3-16-4-5-17-10(15)7-6-8(11)13-14-9(7)12/h6H,2-5H2,1H3. The highest BCUT2D eigenvalue weighted by Gasteiger charge is 2.14. The van der Waals surface area contributed by atoms with E-state index < -0.39 is 5.97 Å². The number of rotatable bonds is 6. The lowest BCUT2D eigenvalue weighted by molar-refractivity contribution is 0.0318. The molecule has 0 atom stereocenters. The van der Waals surface area contributed by atoms with Crippen LogP contribution in [0.3, 0.4) is 0 Å². The fourth-order valence-electron chi connectivity index (χ4n) is 1.01. The first-order valence-corrected chi connectivity index (χ1v) is 5.84. The molecule has 0 bridgehead atoms. The zero-order valence-corrected chi connectivity index (χ0v) is 10.8. The number of hydrogen-bond donors (Lipinski definition) is 0. The molecular weight excluding hydrogens is 267 g/mol. The number of esters is 1. The van der Waals surface area contributed by atoms with E-state index in [2.05, 4.69) is 10.2 Å². The smallest absolute Gasteiger partial charge is 0.341 e. The number of hydrogen-bond acceptors (Lipinski definition) is 5. The summed E-state index contributed by atoms with van der Waals surface area (Å²) in [7, 11) is 0. The lowest BCUT2D eigenvalue weighted by Crippen LogP contribution is -2.12. The summed E-state index contributed by atoms with van der Waals surface area (Å²) in [6.45, 7) is 3.15. The van der Waals surface area contributed by atoms with Crippen molar-refractivity contribution in [3.05, 3.63) is 21.9 Å². The van der Waals surface area contributed by atoms with Crippen LogP contribution in [0.5, 0.6) is 0 Å². The van der Waals surface area contributed by atoms with E-state index in [9.17, 15) is 4.79 Å². The van der Waals surface area contributed by atoms with E-state index in [1.54, 1.807) is 0 Å². The van der Waals surface area contributed by atoms with E-state index in [0.29, 0.717) is 13.2 Å². The summed E-state index contributed by atoms with van der Waals surface area (Å²) in [5.74, 6) is -0.591. The Labute approximate surface area is 109 Å². The number of carbonyl (C=O) groups is 1. The van der Waals surface area contributed by atoms with Crippen LogP contribution in [0.1, 0.15) is 23.7 Å². The van der Waals surface area contributed by atoms with Gasteiger partial charge < -0.3 is 9.47 Å². The molecule has 17 heavy (non-hydrogen) atoms. The molecule has 1 heterocycles. The molecule has 0 amide bonds. The fourth-order valence-corrected chi connectivity index (χ4v) is 1.33. The van der Waals surface area contributed by atoms with Gasteiger partial charge in [-0.25, -0.2) is 4.79 Å². The van der Waals surface area contributed by atoms with Gasteiger partial charge in [0, 0.05) is 6.61 Å². The number of nitrogens with zero attached hydrogens (tertiary/aromatic N) is 2. The van der Waals surface area contributed by atoms with Crippen LogP contribution in [0, 0.1) is 0 Å². The van der Waals surface area contributed by atoms with Crippen molar-refractivity contribution < 1.29 is 14.3 Å². The molecule has 0 aliphatic heterocycles. The zero-order valence-electron chi connectivity index (χ0n) is 9.28. The van der Waals surface area contributed by atoms with Gasteiger partial charge in [0.25, 0.3) is 0 Å². The molecule has 0 N–H and O–H groups in total. The van der Waals surface area contributed by atoms with Crippen LogP contribution in [-0.4, -0.2) is 36.0 Å². The van der Waals surface area contributed by atoms with Gasteiger partial charge >= 0.3 is 5.97 Å². The van der Waals surface area contributed by atoms with Crippen LogP contribution in [-0.2, 0) is 9.47 Å². The summed E-state index contributed by atoms with van der Waals surface area (Å²) in [4.78, 5) is 11.6. The first kappa shape index (κ1) is 14.2. The average Bonchev–Trinajstić information content (AvgIpc) is 2.32. The topological polar surface area (TPSA) is 61.3 Å². The molecule has 94 valence electrons. The third-order valence-corrected chi connectivity index (χ3v) is 2.21. The molecule has 0 fully saturated rings. The second-order valence-corrected chi connectivity index (χ2v) is 3.87. The van der Waals surface area contributed by atoms with E-state index in [-0.39, 0.29) is 22.5 Å². The van der Waals surface area contributed by atoms with Gasteiger partial charge in [-0.15, -0.1) is 10.2 Å². The van der Waals surface area contributed by atoms with Crippen LogP contribution in [0.15, 0.2) is 6.07 Å². The van der Waals surface area contributed by atoms with E-state index in [4.69, 9.17) is 32.7 Å². The Morgan fingerprint density at radius 1 is 1.29 bits per heavy atom. The van der Waals surface area contributed by atoms with Gasteiger partial charge in [-0.1, -0.05) is 30.1 Å². The SMILES string of the molecule is CCCOCCOC(=O)c1cc(Cl)nnc1Cl. The number of ether oxygens (including phenoxy) is 2. The van der Waals surface area contributed by atoms with Gasteiger partial charge in [0.15, 0.2) is 10.3 Å². The average molecular weight is 279 g/mol. The summed E-state index contributed by atoms with van der Waals surface area (Å²) in [6, 6.07) is 1.31. The van der Waals surface area contributed by atoms with Gasteiger partial charge in [-0.2, -0.15) is 0 Å². The Kier molecular flexibility index (Phi) is 6.18. The highest BCUT2D eigenvalue weighted by Crippen LogP contribution is 2.16. The van der Waals surface area contributed by atoms with E-state index >= 15 is 0 Å². The number of halogens is 2. The van der Waals surface area contributed by atoms with Gasteiger partial charge in [0.2, 0.25) is 0 Å². The van der Waals surface area contributed by atoms with Crippen molar-refractivity contribution in [2.75, 3.05) is 19.8 Å². The van der Waals surface area contributed by atoms with Crippen molar-refractivity contribution in [1.82, 2.24) is 10.2 Å². The van der Waals surface area contributed by atoms with E-state index in [1.165, 1.54) is 6.07 Å². The molecule has 0 saturated heterocycles. The quantitative estimate of drug-likeness (QED) is 0.591. The summed E-state index contributed by atoms with van der Waals surface area (Å²) < 4.78 is 10.1. The maximum atomic E-state index is 11.6. The molecule has 1 aromatic rings. The van der Waals surface area contributed by atoms with Crippen molar-refractivity contribution in [1.29, 1.82) is 0 Å². The molecule has 1 aromatic heterocycles. The van der Waals surface area contributed by atoms with Gasteiger partial charge in [0.05, 0.1) is 6.61 Å². The Morgan fingerprint density at radius 2 is 2.06 bits per heavy atom. The monoisotopic (exact) mass is 278 g/mol. The normalized spacial score (nSPS) is 10.3. The van der Waals surface area contributed by atoms with Gasteiger partial charge in [0.1, 0.15) is 12.2 Å². The molecule has 0 spiro atoms. The lowest BCUT2D eigenvalue weighted by atomic mass is 10.3. The molecule has 0 aromatic carbocycles. The van der Waals surface area contributed by atoms with Crippen LogP contribution in [0.25, 0.3) is 0 Å². The second-order valence-electron chi connectivity index (χ2n) is 3.12. The molecule has 0 unspecified atom stereocenters. The third-order valence-electron chi connectivity index (χ3n) is 1.75. The fraction of sp³-hybridized carbons (Fsp3) is 0.500. The third kappa shape index (κ3) is 4.85. The summed E-state index contributed by atoms with van der Waals surface area (Å²) in [6.07, 6.45) is 0.920. The Morgan fingerprint density at radius 3 is 2.76 bits per heavy atom. The highest BCUT2D eigenvalue weighted by molar-refractivity contribution is 6.33. The lowest BCUT2D eigenvalue weighted by Gasteiger charge is -2.06. The molecule has 0 saturated carbocycles. The van der Waals surface area contributed by atoms with Gasteiger partial charge in [-0.3, -0.25) is 0 Å². The largest absolute Gasteiger partial charge is 0.460 e. The summed E-state index contributed by atoms with van der Waals surface area (Å²) >= 11 is 11.3. The Balaban J connectivity index is 2.44. The van der Waals surface area contributed by atoms with E-state index in [0.717, 1.165) is 6.42 Å². The van der Waals surface area contributed by atoms with Crippen LogP contribution in [0.4, 0.5) is 0 Å². The maximum absolute atomic E-state index is 11.6. The van der Waals surface area contributed by atoms with Crippen molar-refractivity contribution in [2.45, 2.75) is 13.3 Å². The van der Waals surface area contributed by atoms with E-state index in [1.807, 2.05) is 6.92 Å². The van der Waals surface area contributed by atoms with Crippen LogP contribution < -0.4 is 0 Å². The number of aromatic nitrogens is 2. The highest BCUT2D eigenvalue weighted by atomic mass is 35.5. The first-order valence-electron chi connectivity index (χ1n) is 5.08. The molecule has 0 aliphatic rings. The van der Waals surface area contributed by atoms with Crippen molar-refractivity contribution in [3.8, 4) is 0 Å². The number of carbonyl (C=O) groups excluding carboxylic acids is 1. The molecular formula is C10H12Cl2N2O3. The Hall–Kier alpha value is -0.910. The molecule has 0 aliphatic carbocycles. The summed E-state index contributed by atoms with van der Waals surface area (Å²) in [5, 5.41) is 7.06. The van der Waals surface area contributed by atoms with Crippen LogP contribution in [0.2, 0.25) is 10.3 Å².